The molecule has 0 saturated carbocycles. The predicted octanol–water partition coefficient (Wildman–Crippen LogP) is 6.82. The minimum atomic E-state index is 0.268. The van der Waals surface area contributed by atoms with Crippen molar-refractivity contribution in [1.82, 2.24) is 0 Å². The molecule has 0 aliphatic carbocycles. The van der Waals surface area contributed by atoms with Crippen LogP contribution < -0.4 is 0 Å². The van der Waals surface area contributed by atoms with E-state index >= 15 is 0 Å². The fourth-order valence-corrected chi connectivity index (χ4v) is 4.02. The molecule has 28 heavy (non-hydrogen) atoms. The van der Waals surface area contributed by atoms with Crippen LogP contribution in [0.1, 0.15) is 63.5 Å². The minimum absolute atomic E-state index is 0.268. The van der Waals surface area contributed by atoms with Crippen LogP contribution in [-0.2, 0) is 15.9 Å². The smallest absolute Gasteiger partial charge is 0.0851 e. The maximum absolute atomic E-state index is 8.99. The number of allylic oxidation sites excluding steroid dienone is 2. The third-order valence-corrected chi connectivity index (χ3v) is 5.58. The monoisotopic (exact) mass is 406 g/mol. The first-order valence-electron chi connectivity index (χ1n) is 10.5. The summed E-state index contributed by atoms with van der Waals surface area (Å²) >= 11 is 1.88. The highest BCUT2D eigenvalue weighted by molar-refractivity contribution is 7.99. The molecule has 0 unspecified atom stereocenters. The third-order valence-electron chi connectivity index (χ3n) is 4.51. The Morgan fingerprint density at radius 3 is 2.21 bits per heavy atom. The average molecular weight is 407 g/mol. The first-order chi connectivity index (χ1) is 13.6. The summed E-state index contributed by atoms with van der Waals surface area (Å²) in [6.45, 7) is 15.1. The first-order valence-corrected chi connectivity index (χ1v) is 11.5. The van der Waals surface area contributed by atoms with Crippen molar-refractivity contribution in [2.24, 2.45) is 0 Å². The lowest BCUT2D eigenvalue weighted by atomic mass is 10.0. The Kier molecular flexibility index (Phi) is 13.9. The second-order valence-electron chi connectivity index (χ2n) is 7.07. The molecule has 0 amide bonds. The fraction of sp³-hybridized carbons (Fsp3) is 0.583. The van der Waals surface area contributed by atoms with E-state index in [9.17, 15) is 0 Å². The Balaban J connectivity index is 2.01. The van der Waals surface area contributed by atoms with Gasteiger partial charge in [0, 0.05) is 36.9 Å². The first kappa shape index (κ1) is 24.8. The van der Waals surface area contributed by atoms with Gasteiger partial charge >= 0.3 is 0 Å². The van der Waals surface area contributed by atoms with E-state index in [2.05, 4.69) is 45.2 Å². The molecule has 1 N–H and O–H groups in total. The van der Waals surface area contributed by atoms with Crippen molar-refractivity contribution >= 4 is 17.3 Å². The maximum atomic E-state index is 8.99. The second kappa shape index (κ2) is 15.7. The van der Waals surface area contributed by atoms with Gasteiger partial charge in [-0.1, -0.05) is 37.8 Å². The van der Waals surface area contributed by atoms with Crippen molar-refractivity contribution in [2.45, 2.75) is 63.7 Å². The van der Waals surface area contributed by atoms with Crippen LogP contribution in [0.4, 0.5) is 0 Å². The SMILES string of the molecule is C=C(O)CCCCOCCCCCOCCSc1cccc(C(=C)C)c1CC. The molecule has 0 bridgehead atoms. The lowest BCUT2D eigenvalue weighted by Gasteiger charge is -2.13. The Morgan fingerprint density at radius 1 is 0.964 bits per heavy atom. The molecular formula is C24H38O3S. The van der Waals surface area contributed by atoms with Crippen molar-refractivity contribution < 1.29 is 14.6 Å². The van der Waals surface area contributed by atoms with Gasteiger partial charge < -0.3 is 14.6 Å². The van der Waals surface area contributed by atoms with Crippen molar-refractivity contribution in [1.29, 1.82) is 0 Å². The van der Waals surface area contributed by atoms with Crippen LogP contribution in [0.25, 0.3) is 5.57 Å². The lowest BCUT2D eigenvalue weighted by Crippen LogP contribution is -2.02. The maximum Gasteiger partial charge on any atom is 0.0851 e. The van der Waals surface area contributed by atoms with Gasteiger partial charge in [-0.2, -0.15) is 0 Å². The van der Waals surface area contributed by atoms with E-state index in [4.69, 9.17) is 14.6 Å². The average Bonchev–Trinajstić information content (AvgIpc) is 2.67. The highest BCUT2D eigenvalue weighted by Crippen LogP contribution is 2.29. The predicted molar refractivity (Wildman–Crippen MR) is 122 cm³/mol. The molecule has 0 heterocycles. The number of aliphatic hydroxyl groups excluding tert-OH is 1. The van der Waals surface area contributed by atoms with E-state index in [0.29, 0.717) is 6.42 Å². The van der Waals surface area contributed by atoms with Gasteiger partial charge in [-0.05, 0) is 62.6 Å². The Morgan fingerprint density at radius 2 is 1.61 bits per heavy atom. The van der Waals surface area contributed by atoms with Crippen LogP contribution in [0.5, 0.6) is 0 Å². The summed E-state index contributed by atoms with van der Waals surface area (Å²) in [5.41, 5.74) is 3.83. The minimum Gasteiger partial charge on any atom is -0.513 e. The standard InChI is InChI=1S/C24H38O3S/c1-5-22-23(20(2)3)13-11-14-24(22)28-19-18-27-16-9-6-8-15-26-17-10-7-12-21(4)25/h11,13-14,25H,2,4-10,12,15-19H2,1,3H3. The molecule has 0 radical (unpaired) electrons. The summed E-state index contributed by atoms with van der Waals surface area (Å²) in [4.78, 5) is 1.35. The summed E-state index contributed by atoms with van der Waals surface area (Å²) in [6.07, 6.45) is 6.94. The molecule has 0 aliphatic rings. The van der Waals surface area contributed by atoms with E-state index in [0.717, 1.165) is 76.3 Å². The number of hydrogen-bond donors (Lipinski definition) is 1. The van der Waals surface area contributed by atoms with Crippen molar-refractivity contribution in [2.75, 3.05) is 32.2 Å². The Bertz CT molecular complexity index is 583. The third kappa shape index (κ3) is 10.9. The van der Waals surface area contributed by atoms with E-state index in [1.165, 1.54) is 16.0 Å². The number of hydrogen-bond acceptors (Lipinski definition) is 4. The molecule has 3 nitrogen and oxygen atoms in total. The van der Waals surface area contributed by atoms with E-state index in [-0.39, 0.29) is 5.76 Å². The number of rotatable bonds is 17. The zero-order valence-electron chi connectivity index (χ0n) is 17.8. The van der Waals surface area contributed by atoms with Crippen molar-refractivity contribution in [3.8, 4) is 0 Å². The molecule has 0 aromatic heterocycles. The molecule has 1 aromatic rings. The molecule has 0 fully saturated rings. The molecule has 158 valence electrons. The summed E-state index contributed by atoms with van der Waals surface area (Å²) in [7, 11) is 0. The molecule has 0 atom stereocenters. The van der Waals surface area contributed by atoms with Gasteiger partial charge in [-0.15, -0.1) is 11.8 Å². The van der Waals surface area contributed by atoms with Crippen LogP contribution in [-0.4, -0.2) is 37.3 Å². The molecule has 1 aromatic carbocycles. The largest absolute Gasteiger partial charge is 0.513 e. The lowest BCUT2D eigenvalue weighted by molar-refractivity contribution is 0.117. The van der Waals surface area contributed by atoms with Gasteiger partial charge in [0.2, 0.25) is 0 Å². The van der Waals surface area contributed by atoms with Gasteiger partial charge in [0.1, 0.15) is 0 Å². The van der Waals surface area contributed by atoms with Crippen LogP contribution >= 0.6 is 11.8 Å². The number of unbranched alkanes of at least 4 members (excludes halogenated alkanes) is 3. The van der Waals surface area contributed by atoms with Gasteiger partial charge in [-0.3, -0.25) is 0 Å². The second-order valence-corrected chi connectivity index (χ2v) is 8.21. The summed E-state index contributed by atoms with van der Waals surface area (Å²) in [5, 5.41) is 8.99. The molecule has 0 spiro atoms. The zero-order chi connectivity index (χ0) is 20.6. The molecule has 0 saturated heterocycles. The number of ether oxygens (including phenoxy) is 2. The van der Waals surface area contributed by atoms with E-state index in [1.54, 1.807) is 0 Å². The van der Waals surface area contributed by atoms with E-state index in [1.807, 2.05) is 11.8 Å². The summed E-state index contributed by atoms with van der Waals surface area (Å²) < 4.78 is 11.4. The Labute approximate surface area is 176 Å². The normalized spacial score (nSPS) is 10.9. The summed E-state index contributed by atoms with van der Waals surface area (Å²) in [5.74, 6) is 1.25. The van der Waals surface area contributed by atoms with Crippen molar-refractivity contribution in [3.63, 3.8) is 0 Å². The van der Waals surface area contributed by atoms with Crippen LogP contribution in [0.15, 0.2) is 42.0 Å². The van der Waals surface area contributed by atoms with Gasteiger partial charge in [-0.25, -0.2) is 0 Å². The highest BCUT2D eigenvalue weighted by Gasteiger charge is 2.07. The zero-order valence-corrected chi connectivity index (χ0v) is 18.6. The molecule has 4 heteroatoms. The molecule has 1 rings (SSSR count). The van der Waals surface area contributed by atoms with Gasteiger partial charge in [0.15, 0.2) is 0 Å². The molecular weight excluding hydrogens is 368 g/mol. The quantitative estimate of drug-likeness (QED) is 0.175. The number of benzene rings is 1. The van der Waals surface area contributed by atoms with Crippen LogP contribution in [0.3, 0.4) is 0 Å². The van der Waals surface area contributed by atoms with Crippen LogP contribution in [0, 0.1) is 0 Å². The number of thioether (sulfide) groups is 1. The summed E-state index contributed by atoms with van der Waals surface area (Å²) in [6, 6.07) is 6.49. The fourth-order valence-electron chi connectivity index (χ4n) is 3.00. The van der Waals surface area contributed by atoms with Gasteiger partial charge in [0.25, 0.3) is 0 Å². The highest BCUT2D eigenvalue weighted by atomic mass is 32.2. The van der Waals surface area contributed by atoms with Crippen LogP contribution in [0.2, 0.25) is 0 Å². The molecule has 0 aliphatic heterocycles. The van der Waals surface area contributed by atoms with Crippen molar-refractivity contribution in [3.05, 3.63) is 48.2 Å². The number of aliphatic hydroxyl groups is 1. The Hall–Kier alpha value is -1.23. The van der Waals surface area contributed by atoms with E-state index < -0.39 is 0 Å². The topological polar surface area (TPSA) is 38.7 Å². The van der Waals surface area contributed by atoms with Gasteiger partial charge in [0.05, 0.1) is 12.4 Å².